The SMILES string of the molecule is CC1OCCC1(CN)Nc1ccc(Cl)c(Br)c1. The lowest BCUT2D eigenvalue weighted by molar-refractivity contribution is 0.103. The molecule has 2 atom stereocenters. The molecule has 0 saturated carbocycles. The fourth-order valence-electron chi connectivity index (χ4n) is 2.13. The molecule has 1 saturated heterocycles. The normalized spacial score (nSPS) is 28.4. The van der Waals surface area contributed by atoms with Crippen LogP contribution in [0.15, 0.2) is 22.7 Å². The quantitative estimate of drug-likeness (QED) is 0.900. The lowest BCUT2D eigenvalue weighted by Crippen LogP contribution is -2.50. The number of halogens is 2. The molecule has 0 spiro atoms. The molecule has 0 amide bonds. The molecule has 94 valence electrons. The predicted molar refractivity (Wildman–Crippen MR) is 74.6 cm³/mol. The van der Waals surface area contributed by atoms with Crippen LogP contribution in [-0.4, -0.2) is 24.8 Å². The van der Waals surface area contributed by atoms with Crippen molar-refractivity contribution in [1.29, 1.82) is 0 Å². The van der Waals surface area contributed by atoms with E-state index < -0.39 is 0 Å². The Bertz CT molecular complexity index is 415. The number of hydrogen-bond acceptors (Lipinski definition) is 3. The van der Waals surface area contributed by atoms with Crippen molar-refractivity contribution < 1.29 is 4.74 Å². The smallest absolute Gasteiger partial charge is 0.0789 e. The second-order valence-corrected chi connectivity index (χ2v) is 5.64. The molecule has 1 aliphatic heterocycles. The van der Waals surface area contributed by atoms with Crippen LogP contribution in [0.4, 0.5) is 5.69 Å². The van der Waals surface area contributed by atoms with E-state index in [-0.39, 0.29) is 11.6 Å². The van der Waals surface area contributed by atoms with Gasteiger partial charge in [-0.15, -0.1) is 0 Å². The van der Waals surface area contributed by atoms with Crippen molar-refractivity contribution in [3.8, 4) is 0 Å². The maximum atomic E-state index is 5.97. The molecule has 0 bridgehead atoms. The maximum absolute atomic E-state index is 5.97. The summed E-state index contributed by atoms with van der Waals surface area (Å²) in [7, 11) is 0. The van der Waals surface area contributed by atoms with Crippen LogP contribution in [0.2, 0.25) is 5.02 Å². The topological polar surface area (TPSA) is 47.3 Å². The van der Waals surface area contributed by atoms with Crippen LogP contribution in [0.1, 0.15) is 13.3 Å². The fraction of sp³-hybridized carbons (Fsp3) is 0.500. The number of benzene rings is 1. The van der Waals surface area contributed by atoms with Crippen LogP contribution in [0.3, 0.4) is 0 Å². The van der Waals surface area contributed by atoms with Gasteiger partial charge in [0.15, 0.2) is 0 Å². The lowest BCUT2D eigenvalue weighted by atomic mass is 9.91. The van der Waals surface area contributed by atoms with Gasteiger partial charge in [0, 0.05) is 23.3 Å². The molecule has 1 heterocycles. The van der Waals surface area contributed by atoms with E-state index in [1.807, 2.05) is 18.2 Å². The first-order valence-electron chi connectivity index (χ1n) is 5.62. The Morgan fingerprint density at radius 3 is 2.94 bits per heavy atom. The zero-order valence-corrected chi connectivity index (χ0v) is 12.0. The van der Waals surface area contributed by atoms with Crippen LogP contribution in [0.5, 0.6) is 0 Å². The van der Waals surface area contributed by atoms with Crippen molar-refractivity contribution in [3.05, 3.63) is 27.7 Å². The minimum absolute atomic E-state index is 0.113. The van der Waals surface area contributed by atoms with E-state index in [1.54, 1.807) is 0 Å². The third-order valence-electron chi connectivity index (χ3n) is 3.37. The van der Waals surface area contributed by atoms with Gasteiger partial charge in [-0.2, -0.15) is 0 Å². The summed E-state index contributed by atoms with van der Waals surface area (Å²) >= 11 is 9.39. The Kier molecular flexibility index (Phi) is 3.98. The van der Waals surface area contributed by atoms with E-state index in [9.17, 15) is 0 Å². The standard InChI is InChI=1S/C12H16BrClN2O/c1-8-12(7-15,4-5-17-8)16-9-2-3-11(14)10(13)6-9/h2-3,6,8,16H,4-5,7,15H2,1H3. The van der Waals surface area contributed by atoms with E-state index >= 15 is 0 Å². The minimum Gasteiger partial charge on any atom is -0.376 e. The van der Waals surface area contributed by atoms with Gasteiger partial charge < -0.3 is 15.8 Å². The Balaban J connectivity index is 2.21. The van der Waals surface area contributed by atoms with Crippen molar-refractivity contribution in [3.63, 3.8) is 0 Å². The Morgan fingerprint density at radius 1 is 1.65 bits per heavy atom. The molecule has 1 aromatic rings. The Labute approximate surface area is 115 Å². The number of anilines is 1. The molecule has 5 heteroatoms. The first-order valence-corrected chi connectivity index (χ1v) is 6.79. The molecule has 3 nitrogen and oxygen atoms in total. The van der Waals surface area contributed by atoms with Gasteiger partial charge in [-0.25, -0.2) is 0 Å². The van der Waals surface area contributed by atoms with Crippen LogP contribution in [-0.2, 0) is 4.74 Å². The lowest BCUT2D eigenvalue weighted by Gasteiger charge is -2.33. The highest BCUT2D eigenvalue weighted by Gasteiger charge is 2.40. The monoisotopic (exact) mass is 318 g/mol. The molecule has 0 aliphatic carbocycles. The summed E-state index contributed by atoms with van der Waals surface area (Å²) in [6, 6.07) is 5.78. The molecule has 2 unspecified atom stereocenters. The van der Waals surface area contributed by atoms with Crippen molar-refractivity contribution >= 4 is 33.2 Å². The van der Waals surface area contributed by atoms with E-state index in [0.29, 0.717) is 11.6 Å². The second-order valence-electron chi connectivity index (χ2n) is 4.38. The van der Waals surface area contributed by atoms with Crippen LogP contribution in [0.25, 0.3) is 0 Å². The minimum atomic E-state index is -0.173. The second kappa shape index (κ2) is 5.14. The number of nitrogens with two attached hydrogens (primary N) is 1. The largest absolute Gasteiger partial charge is 0.376 e. The average Bonchev–Trinajstić information content (AvgIpc) is 2.66. The third kappa shape index (κ3) is 2.60. The third-order valence-corrected chi connectivity index (χ3v) is 4.59. The molecule has 1 fully saturated rings. The van der Waals surface area contributed by atoms with Crippen molar-refractivity contribution in [2.75, 3.05) is 18.5 Å². The summed E-state index contributed by atoms with van der Waals surface area (Å²) in [4.78, 5) is 0. The van der Waals surface area contributed by atoms with Gasteiger partial charge in [-0.1, -0.05) is 11.6 Å². The van der Waals surface area contributed by atoms with Crippen molar-refractivity contribution in [1.82, 2.24) is 0 Å². The zero-order valence-electron chi connectivity index (χ0n) is 9.67. The van der Waals surface area contributed by atoms with Gasteiger partial charge in [0.1, 0.15) is 0 Å². The Hall–Kier alpha value is -0.290. The van der Waals surface area contributed by atoms with Gasteiger partial charge in [-0.3, -0.25) is 0 Å². The van der Waals surface area contributed by atoms with Crippen LogP contribution < -0.4 is 11.1 Å². The summed E-state index contributed by atoms with van der Waals surface area (Å²) in [6.45, 7) is 3.35. The summed E-state index contributed by atoms with van der Waals surface area (Å²) in [6.07, 6.45) is 1.03. The summed E-state index contributed by atoms with van der Waals surface area (Å²) in [5.74, 6) is 0. The van der Waals surface area contributed by atoms with E-state index in [1.165, 1.54) is 0 Å². The number of ether oxygens (including phenoxy) is 1. The van der Waals surface area contributed by atoms with Gasteiger partial charge in [-0.05, 0) is 47.5 Å². The molecule has 0 radical (unpaired) electrons. The first-order chi connectivity index (χ1) is 8.07. The average molecular weight is 320 g/mol. The van der Waals surface area contributed by atoms with Gasteiger partial charge in [0.2, 0.25) is 0 Å². The highest BCUT2D eigenvalue weighted by molar-refractivity contribution is 9.10. The highest BCUT2D eigenvalue weighted by atomic mass is 79.9. The molecular formula is C12H16BrClN2O. The van der Waals surface area contributed by atoms with Gasteiger partial charge in [0.25, 0.3) is 0 Å². The van der Waals surface area contributed by atoms with Crippen molar-refractivity contribution in [2.45, 2.75) is 25.0 Å². The first kappa shape index (κ1) is 13.1. The summed E-state index contributed by atoms with van der Waals surface area (Å²) < 4.78 is 6.48. The number of hydrogen-bond donors (Lipinski definition) is 2. The molecule has 1 aliphatic rings. The molecule has 17 heavy (non-hydrogen) atoms. The summed E-state index contributed by atoms with van der Waals surface area (Å²) in [5, 5.41) is 4.19. The van der Waals surface area contributed by atoms with E-state index in [0.717, 1.165) is 23.2 Å². The predicted octanol–water partition coefficient (Wildman–Crippen LogP) is 3.02. The molecule has 0 aromatic heterocycles. The number of nitrogens with one attached hydrogen (secondary N) is 1. The number of rotatable bonds is 3. The van der Waals surface area contributed by atoms with E-state index in [2.05, 4.69) is 28.2 Å². The highest BCUT2D eigenvalue weighted by Crippen LogP contribution is 2.32. The van der Waals surface area contributed by atoms with Gasteiger partial charge >= 0.3 is 0 Å². The molecule has 1 aromatic carbocycles. The fourth-order valence-corrected chi connectivity index (χ4v) is 2.62. The summed E-state index contributed by atoms with van der Waals surface area (Å²) in [5.41, 5.74) is 6.73. The molecular weight excluding hydrogens is 304 g/mol. The van der Waals surface area contributed by atoms with E-state index in [4.69, 9.17) is 22.1 Å². The van der Waals surface area contributed by atoms with Crippen molar-refractivity contribution in [2.24, 2.45) is 5.73 Å². The Morgan fingerprint density at radius 2 is 2.41 bits per heavy atom. The van der Waals surface area contributed by atoms with Gasteiger partial charge in [0.05, 0.1) is 16.7 Å². The zero-order chi connectivity index (χ0) is 12.5. The van der Waals surface area contributed by atoms with Crippen LogP contribution in [0, 0.1) is 0 Å². The van der Waals surface area contributed by atoms with Crippen LogP contribution >= 0.6 is 27.5 Å². The maximum Gasteiger partial charge on any atom is 0.0789 e. The molecule has 2 rings (SSSR count). The molecule has 3 N–H and O–H groups in total.